The largest absolute Gasteiger partial charge is 0.490 e. The van der Waals surface area contributed by atoms with Gasteiger partial charge in [0, 0.05) is 25.6 Å². The highest BCUT2D eigenvalue weighted by atomic mass is 32.2. The lowest BCUT2D eigenvalue weighted by Crippen LogP contribution is -2.42. The first-order chi connectivity index (χ1) is 14.4. The van der Waals surface area contributed by atoms with Crippen molar-refractivity contribution in [1.82, 2.24) is 9.62 Å². The van der Waals surface area contributed by atoms with Crippen molar-refractivity contribution in [2.24, 2.45) is 0 Å². The Morgan fingerprint density at radius 1 is 1.07 bits per heavy atom. The first-order valence-corrected chi connectivity index (χ1v) is 11.7. The van der Waals surface area contributed by atoms with Crippen LogP contribution in [-0.2, 0) is 24.3 Å². The molecule has 1 N–H and O–H groups in total. The number of hydrogen-bond acceptors (Lipinski definition) is 7. The van der Waals surface area contributed by atoms with Gasteiger partial charge in [-0.1, -0.05) is 12.8 Å². The Kier molecular flexibility index (Phi) is 7.54. The van der Waals surface area contributed by atoms with Crippen LogP contribution < -0.4 is 14.2 Å². The maximum atomic E-state index is 12.5. The smallest absolute Gasteiger partial charge is 0.321 e. The van der Waals surface area contributed by atoms with Crippen LogP contribution in [0.5, 0.6) is 11.5 Å². The SMILES string of the molecule is CC(OC(=O)CNS(=O)(=O)c1ccc2c(c1)OCCCO2)C(=O)N1CCCCCC1. The van der Waals surface area contributed by atoms with Crippen molar-refractivity contribution >= 4 is 21.9 Å². The highest BCUT2D eigenvalue weighted by Gasteiger charge is 2.25. The number of benzene rings is 1. The fraction of sp³-hybridized carbons (Fsp3) is 0.600. The molecule has 0 bridgehead atoms. The Hall–Kier alpha value is -2.33. The Balaban J connectivity index is 1.54. The summed E-state index contributed by atoms with van der Waals surface area (Å²) in [4.78, 5) is 26.2. The Bertz CT molecular complexity index is 864. The van der Waals surface area contributed by atoms with Crippen molar-refractivity contribution in [2.75, 3.05) is 32.8 Å². The van der Waals surface area contributed by atoms with Crippen molar-refractivity contribution < 1.29 is 32.2 Å². The molecular weight excluding hydrogens is 412 g/mol. The minimum atomic E-state index is -3.96. The van der Waals surface area contributed by atoms with Gasteiger partial charge in [-0.05, 0) is 31.9 Å². The zero-order valence-electron chi connectivity index (χ0n) is 17.1. The predicted molar refractivity (Wildman–Crippen MR) is 108 cm³/mol. The molecule has 1 fully saturated rings. The number of carbonyl (C=O) groups is 2. The number of fused-ring (bicyclic) bond motifs is 1. The van der Waals surface area contributed by atoms with E-state index in [1.807, 2.05) is 0 Å². The summed E-state index contributed by atoms with van der Waals surface area (Å²) in [6, 6.07) is 4.27. The maximum absolute atomic E-state index is 12.5. The van der Waals surface area contributed by atoms with E-state index >= 15 is 0 Å². The number of nitrogens with one attached hydrogen (secondary N) is 1. The molecule has 10 heteroatoms. The molecule has 0 radical (unpaired) electrons. The number of rotatable bonds is 6. The summed E-state index contributed by atoms with van der Waals surface area (Å²) in [7, 11) is -3.96. The molecule has 0 aromatic heterocycles. The normalized spacial score (nSPS) is 18.1. The minimum Gasteiger partial charge on any atom is -0.490 e. The molecule has 1 saturated heterocycles. The van der Waals surface area contributed by atoms with Gasteiger partial charge in [0.05, 0.1) is 18.1 Å². The van der Waals surface area contributed by atoms with Gasteiger partial charge in [0.15, 0.2) is 17.6 Å². The zero-order valence-corrected chi connectivity index (χ0v) is 17.9. The van der Waals surface area contributed by atoms with Gasteiger partial charge in [0.2, 0.25) is 10.0 Å². The standard InChI is InChI=1S/C20H28N2O7S/c1-15(20(24)22-9-4-2-3-5-10-22)29-19(23)14-21-30(25,26)16-7-8-17-18(13-16)28-12-6-11-27-17/h7-8,13,15,21H,2-6,9-12,14H2,1H3. The molecule has 1 amide bonds. The summed E-state index contributed by atoms with van der Waals surface area (Å²) in [6.07, 6.45) is 3.77. The van der Waals surface area contributed by atoms with Gasteiger partial charge < -0.3 is 19.1 Å². The molecule has 2 aliphatic rings. The third-order valence-electron chi connectivity index (χ3n) is 5.01. The molecule has 1 unspecified atom stereocenters. The van der Waals surface area contributed by atoms with Gasteiger partial charge in [-0.3, -0.25) is 9.59 Å². The highest BCUT2D eigenvalue weighted by molar-refractivity contribution is 7.89. The maximum Gasteiger partial charge on any atom is 0.321 e. The van der Waals surface area contributed by atoms with E-state index in [2.05, 4.69) is 4.72 Å². The number of sulfonamides is 1. The number of nitrogens with zero attached hydrogens (tertiary/aromatic N) is 1. The second-order valence-electron chi connectivity index (χ2n) is 7.36. The van der Waals surface area contributed by atoms with Crippen LogP contribution in [0.15, 0.2) is 23.1 Å². The zero-order chi connectivity index (χ0) is 21.6. The first kappa shape index (κ1) is 22.4. The lowest BCUT2D eigenvalue weighted by atomic mass is 10.2. The van der Waals surface area contributed by atoms with Crippen molar-refractivity contribution in [2.45, 2.75) is 50.0 Å². The van der Waals surface area contributed by atoms with Crippen LogP contribution in [0.2, 0.25) is 0 Å². The number of ether oxygens (including phenoxy) is 3. The summed E-state index contributed by atoms with van der Waals surface area (Å²) >= 11 is 0. The van der Waals surface area contributed by atoms with Crippen LogP contribution in [0.25, 0.3) is 0 Å². The molecule has 1 aromatic carbocycles. The monoisotopic (exact) mass is 440 g/mol. The average molecular weight is 441 g/mol. The van der Waals surface area contributed by atoms with E-state index < -0.39 is 28.6 Å². The summed E-state index contributed by atoms with van der Waals surface area (Å²) < 4.78 is 43.4. The molecule has 0 aliphatic carbocycles. The van der Waals surface area contributed by atoms with E-state index in [1.54, 1.807) is 4.90 Å². The third kappa shape index (κ3) is 5.85. The van der Waals surface area contributed by atoms with Gasteiger partial charge in [0.25, 0.3) is 5.91 Å². The highest BCUT2D eigenvalue weighted by Crippen LogP contribution is 2.31. The van der Waals surface area contributed by atoms with Crippen molar-refractivity contribution in [3.63, 3.8) is 0 Å². The molecule has 2 heterocycles. The third-order valence-corrected chi connectivity index (χ3v) is 6.41. The number of hydrogen-bond donors (Lipinski definition) is 1. The van der Waals surface area contributed by atoms with E-state index in [-0.39, 0.29) is 10.8 Å². The molecule has 0 spiro atoms. The molecular formula is C20H28N2O7S. The van der Waals surface area contributed by atoms with Crippen molar-refractivity contribution in [3.05, 3.63) is 18.2 Å². The summed E-state index contributed by atoms with van der Waals surface area (Å²) in [5, 5.41) is 0. The van der Waals surface area contributed by atoms with E-state index in [0.717, 1.165) is 25.7 Å². The van der Waals surface area contributed by atoms with E-state index in [1.165, 1.54) is 25.1 Å². The molecule has 1 atom stereocenters. The quantitative estimate of drug-likeness (QED) is 0.667. The van der Waals surface area contributed by atoms with E-state index in [4.69, 9.17) is 14.2 Å². The molecule has 166 valence electrons. The Labute approximate surface area is 176 Å². The average Bonchev–Trinajstić information content (AvgIpc) is 3.14. The van der Waals surface area contributed by atoms with Gasteiger partial charge in [-0.2, -0.15) is 4.72 Å². The van der Waals surface area contributed by atoms with Crippen LogP contribution in [-0.4, -0.2) is 64.1 Å². The van der Waals surface area contributed by atoms with Crippen LogP contribution >= 0.6 is 0 Å². The molecule has 3 rings (SSSR count). The number of carbonyl (C=O) groups excluding carboxylic acids is 2. The second kappa shape index (κ2) is 10.1. The molecule has 2 aliphatic heterocycles. The lowest BCUT2D eigenvalue weighted by Gasteiger charge is -2.24. The Morgan fingerprint density at radius 3 is 2.43 bits per heavy atom. The number of likely N-dealkylation sites (tertiary alicyclic amines) is 1. The molecule has 30 heavy (non-hydrogen) atoms. The predicted octanol–water partition coefficient (Wildman–Crippen LogP) is 1.46. The van der Waals surface area contributed by atoms with Crippen LogP contribution in [0, 0.1) is 0 Å². The summed E-state index contributed by atoms with van der Waals surface area (Å²) in [6.45, 7) is 3.16. The minimum absolute atomic E-state index is 0.0479. The Morgan fingerprint density at radius 2 is 1.73 bits per heavy atom. The van der Waals surface area contributed by atoms with Crippen molar-refractivity contribution in [1.29, 1.82) is 0 Å². The fourth-order valence-corrected chi connectivity index (χ4v) is 4.37. The lowest BCUT2D eigenvalue weighted by molar-refractivity contribution is -0.158. The molecule has 0 saturated carbocycles. The topological polar surface area (TPSA) is 111 Å². The van der Waals surface area contributed by atoms with Gasteiger partial charge >= 0.3 is 5.97 Å². The number of esters is 1. The summed E-state index contributed by atoms with van der Waals surface area (Å²) in [5.41, 5.74) is 0. The van der Waals surface area contributed by atoms with Gasteiger partial charge in [-0.25, -0.2) is 8.42 Å². The summed E-state index contributed by atoms with van der Waals surface area (Å²) in [5.74, 6) is -0.249. The van der Waals surface area contributed by atoms with Crippen LogP contribution in [0.4, 0.5) is 0 Å². The van der Waals surface area contributed by atoms with E-state index in [9.17, 15) is 18.0 Å². The van der Waals surface area contributed by atoms with Crippen LogP contribution in [0.1, 0.15) is 39.0 Å². The first-order valence-electron chi connectivity index (χ1n) is 10.2. The van der Waals surface area contributed by atoms with E-state index in [0.29, 0.717) is 44.2 Å². The van der Waals surface area contributed by atoms with Gasteiger partial charge in [0.1, 0.15) is 6.54 Å². The van der Waals surface area contributed by atoms with Crippen LogP contribution in [0.3, 0.4) is 0 Å². The van der Waals surface area contributed by atoms with Gasteiger partial charge in [-0.15, -0.1) is 0 Å². The fourth-order valence-electron chi connectivity index (χ4n) is 3.39. The number of amides is 1. The van der Waals surface area contributed by atoms with Crippen molar-refractivity contribution in [3.8, 4) is 11.5 Å². The molecule has 9 nitrogen and oxygen atoms in total. The second-order valence-corrected chi connectivity index (χ2v) is 9.12. The molecule has 1 aromatic rings.